The van der Waals surface area contributed by atoms with E-state index in [2.05, 4.69) is 6.92 Å². The maximum absolute atomic E-state index is 2.66. The van der Waals surface area contributed by atoms with Gasteiger partial charge in [-0.05, 0) is 109 Å². The fraction of sp³-hybridized carbons (Fsp3) is 1.00. The third kappa shape index (κ3) is 3.64. The van der Waals surface area contributed by atoms with Gasteiger partial charge in [0.05, 0.1) is 0 Å². The number of hydrogen-bond acceptors (Lipinski definition) is 0. The van der Waals surface area contributed by atoms with Crippen molar-refractivity contribution in [3.05, 3.63) is 0 Å². The lowest BCUT2D eigenvalue weighted by Crippen LogP contribution is -2.53. The van der Waals surface area contributed by atoms with E-state index in [-0.39, 0.29) is 0 Å². The molecule has 0 nitrogen and oxygen atoms in total. The number of hydrogen-bond donors (Lipinski definition) is 0. The van der Waals surface area contributed by atoms with E-state index >= 15 is 0 Å². The van der Waals surface area contributed by atoms with Crippen molar-refractivity contribution < 1.29 is 0 Å². The fourth-order valence-corrected chi connectivity index (χ4v) is 13.1. The van der Waals surface area contributed by atoms with Gasteiger partial charge in [-0.25, -0.2) is 0 Å². The van der Waals surface area contributed by atoms with Crippen LogP contribution in [0.15, 0.2) is 0 Å². The van der Waals surface area contributed by atoms with Crippen molar-refractivity contribution in [1.82, 2.24) is 0 Å². The van der Waals surface area contributed by atoms with E-state index < -0.39 is 0 Å². The lowest BCUT2D eigenvalue weighted by molar-refractivity contribution is -0.107. The van der Waals surface area contributed by atoms with Crippen LogP contribution in [0.3, 0.4) is 0 Å². The first-order valence-electron chi connectivity index (χ1n) is 16.3. The van der Waals surface area contributed by atoms with Crippen LogP contribution in [-0.2, 0) is 0 Å². The van der Waals surface area contributed by atoms with Gasteiger partial charge >= 0.3 is 0 Å². The molecule has 0 N–H and O–H groups in total. The van der Waals surface area contributed by atoms with Crippen LogP contribution >= 0.6 is 0 Å². The van der Waals surface area contributed by atoms with E-state index in [0.717, 1.165) is 65.1 Å². The van der Waals surface area contributed by atoms with Crippen LogP contribution < -0.4 is 0 Å². The lowest BCUT2D eigenvalue weighted by Gasteiger charge is -2.59. The molecule has 0 aromatic carbocycles. The molecule has 0 aliphatic heterocycles. The first kappa shape index (κ1) is 22.2. The van der Waals surface area contributed by atoms with Crippen LogP contribution in [0.5, 0.6) is 0 Å². The Hall–Kier alpha value is 0. The Labute approximate surface area is 205 Å². The second-order valence-electron chi connectivity index (χ2n) is 14.9. The standard InChI is InChI=1S/C33H54/c1-21-19-24-15-10-18-27-29(24)28(20-21)33-31(23-13-6-3-7-14-23)26-17-9-8-16-25(26)30(32(27)33)22-11-4-2-5-12-22/h21-33H,2-20H2,1H3. The smallest absolute Gasteiger partial charge is 0.0315 e. The highest BCUT2D eigenvalue weighted by Crippen LogP contribution is 2.71. The van der Waals surface area contributed by atoms with Gasteiger partial charge in [-0.2, -0.15) is 0 Å². The Bertz CT molecular complexity index is 668. The van der Waals surface area contributed by atoms with E-state index in [4.69, 9.17) is 0 Å². The highest BCUT2D eigenvalue weighted by Gasteiger charge is 2.65. The predicted molar refractivity (Wildman–Crippen MR) is 139 cm³/mol. The van der Waals surface area contributed by atoms with Crippen LogP contribution in [0, 0.1) is 76.9 Å². The summed E-state index contributed by atoms with van der Waals surface area (Å²) in [6, 6.07) is 0. The zero-order valence-corrected chi connectivity index (χ0v) is 21.9. The van der Waals surface area contributed by atoms with Gasteiger partial charge in [0.1, 0.15) is 0 Å². The third-order valence-corrected chi connectivity index (χ3v) is 13.6. The molecule has 0 radical (unpaired) electrons. The highest BCUT2D eigenvalue weighted by molar-refractivity contribution is 5.13. The summed E-state index contributed by atoms with van der Waals surface area (Å²) in [6.45, 7) is 2.66. The monoisotopic (exact) mass is 450 g/mol. The molecule has 0 bridgehead atoms. The molecule has 7 rings (SSSR count). The van der Waals surface area contributed by atoms with Crippen molar-refractivity contribution in [3.8, 4) is 0 Å². The molecule has 11 unspecified atom stereocenters. The Morgan fingerprint density at radius 2 is 0.818 bits per heavy atom. The van der Waals surface area contributed by atoms with E-state index in [9.17, 15) is 0 Å². The van der Waals surface area contributed by atoms with Gasteiger partial charge in [-0.1, -0.05) is 96.8 Å². The van der Waals surface area contributed by atoms with Crippen molar-refractivity contribution in [1.29, 1.82) is 0 Å². The summed E-state index contributed by atoms with van der Waals surface area (Å²) < 4.78 is 0. The second kappa shape index (κ2) is 9.14. The molecule has 0 aromatic heterocycles. The molecule has 0 aromatic rings. The van der Waals surface area contributed by atoms with E-state index in [0.29, 0.717) is 0 Å². The van der Waals surface area contributed by atoms with Gasteiger partial charge < -0.3 is 0 Å². The molecule has 7 aliphatic rings. The Kier molecular flexibility index (Phi) is 6.15. The topological polar surface area (TPSA) is 0 Å². The molecular formula is C33H54. The largest absolute Gasteiger partial charge is 0.0625 e. The van der Waals surface area contributed by atoms with E-state index in [1.807, 2.05) is 0 Å². The zero-order chi connectivity index (χ0) is 21.9. The molecule has 0 saturated heterocycles. The lowest BCUT2D eigenvalue weighted by atomic mass is 9.46. The molecule has 186 valence electrons. The Morgan fingerprint density at radius 3 is 1.42 bits per heavy atom. The Morgan fingerprint density at radius 1 is 0.333 bits per heavy atom. The molecule has 0 heteroatoms. The van der Waals surface area contributed by atoms with Gasteiger partial charge in [-0.15, -0.1) is 0 Å². The summed E-state index contributed by atoms with van der Waals surface area (Å²) in [5.41, 5.74) is 0. The highest BCUT2D eigenvalue weighted by atomic mass is 14.7. The van der Waals surface area contributed by atoms with Gasteiger partial charge in [-0.3, -0.25) is 0 Å². The van der Waals surface area contributed by atoms with Crippen LogP contribution in [0.1, 0.15) is 129 Å². The summed E-state index contributed by atoms with van der Waals surface area (Å²) >= 11 is 0. The first-order chi connectivity index (χ1) is 16.3. The summed E-state index contributed by atoms with van der Waals surface area (Å²) in [5, 5.41) is 0. The minimum atomic E-state index is 1.03. The average molecular weight is 451 g/mol. The molecule has 7 aliphatic carbocycles. The zero-order valence-electron chi connectivity index (χ0n) is 21.9. The van der Waals surface area contributed by atoms with Crippen LogP contribution in [0.4, 0.5) is 0 Å². The van der Waals surface area contributed by atoms with Crippen LogP contribution in [0.2, 0.25) is 0 Å². The summed E-state index contributed by atoms with van der Waals surface area (Å²) in [4.78, 5) is 0. The normalized spacial score (nSPS) is 53.2. The minimum Gasteiger partial charge on any atom is -0.0625 e. The molecule has 0 amide bonds. The maximum Gasteiger partial charge on any atom is -0.0315 e. The molecular weight excluding hydrogens is 396 g/mol. The van der Waals surface area contributed by atoms with Crippen LogP contribution in [0.25, 0.3) is 0 Å². The first-order valence-corrected chi connectivity index (χ1v) is 16.3. The fourth-order valence-electron chi connectivity index (χ4n) is 13.1. The summed E-state index contributed by atoms with van der Waals surface area (Å²) in [6.07, 6.45) is 30.4. The van der Waals surface area contributed by atoms with E-state index in [1.165, 1.54) is 11.8 Å². The van der Waals surface area contributed by atoms with Crippen molar-refractivity contribution in [2.24, 2.45) is 76.9 Å². The van der Waals surface area contributed by atoms with Gasteiger partial charge in [0.2, 0.25) is 0 Å². The maximum atomic E-state index is 2.66. The second-order valence-corrected chi connectivity index (χ2v) is 14.9. The third-order valence-electron chi connectivity index (χ3n) is 13.6. The molecule has 7 fully saturated rings. The van der Waals surface area contributed by atoms with Gasteiger partial charge in [0.15, 0.2) is 0 Å². The molecule has 33 heavy (non-hydrogen) atoms. The number of rotatable bonds is 2. The molecule has 0 heterocycles. The van der Waals surface area contributed by atoms with Crippen molar-refractivity contribution >= 4 is 0 Å². The van der Waals surface area contributed by atoms with E-state index in [1.54, 1.807) is 122 Å². The summed E-state index contributed by atoms with van der Waals surface area (Å²) in [5.74, 6) is 14.8. The average Bonchev–Trinajstić information content (AvgIpc) is 3.18. The summed E-state index contributed by atoms with van der Waals surface area (Å²) in [7, 11) is 0. The minimum absolute atomic E-state index is 1.03. The molecule has 7 saturated carbocycles. The van der Waals surface area contributed by atoms with Crippen molar-refractivity contribution in [3.63, 3.8) is 0 Å². The van der Waals surface area contributed by atoms with Crippen molar-refractivity contribution in [2.75, 3.05) is 0 Å². The van der Waals surface area contributed by atoms with Gasteiger partial charge in [0, 0.05) is 0 Å². The van der Waals surface area contributed by atoms with Gasteiger partial charge in [0.25, 0.3) is 0 Å². The molecule has 0 spiro atoms. The number of fused-ring (bicyclic) bond motifs is 4. The molecule has 11 atom stereocenters. The van der Waals surface area contributed by atoms with Crippen molar-refractivity contribution in [2.45, 2.75) is 129 Å². The Balaban J connectivity index is 1.33. The quantitative estimate of drug-likeness (QED) is 0.393. The SMILES string of the molecule is CC1CC2CCCC3C2C(C1)C1C(C2CCCCC2)C2CCCCC2C(C2CCCCC2)C31. The predicted octanol–water partition coefficient (Wildman–Crippen LogP) is 9.52. The van der Waals surface area contributed by atoms with Crippen LogP contribution in [-0.4, -0.2) is 0 Å².